The first-order valence-electron chi connectivity index (χ1n) is 9.02. The lowest BCUT2D eigenvalue weighted by molar-refractivity contribution is 0.0386. The lowest BCUT2D eigenvalue weighted by Gasteiger charge is -2.30. The lowest BCUT2D eigenvalue weighted by Crippen LogP contribution is -2.45. The topological polar surface area (TPSA) is 49.8 Å². The zero-order chi connectivity index (χ0) is 17.0. The SMILES string of the molecule is O=C(OCC1c2ccccc2-c2ccccc21)N1C[C@@H]2C[C@@H](O)[C@H]1C2. The van der Waals surface area contributed by atoms with Crippen LogP contribution in [0, 0.1) is 5.92 Å². The maximum absolute atomic E-state index is 12.6. The Kier molecular flexibility index (Phi) is 3.35. The fraction of sp³-hybridized carbons (Fsp3) is 0.381. The van der Waals surface area contributed by atoms with E-state index in [9.17, 15) is 9.90 Å². The molecule has 0 aromatic heterocycles. The molecular formula is C21H21NO3. The summed E-state index contributed by atoms with van der Waals surface area (Å²) in [6.07, 6.45) is 1.05. The van der Waals surface area contributed by atoms with Gasteiger partial charge in [-0.1, -0.05) is 48.5 Å². The number of carbonyl (C=O) groups is 1. The first-order valence-corrected chi connectivity index (χ1v) is 9.02. The summed E-state index contributed by atoms with van der Waals surface area (Å²) in [7, 11) is 0. The predicted octanol–water partition coefficient (Wildman–Crippen LogP) is 3.39. The standard InChI is InChI=1S/C21H21NO3/c23-20-10-13-9-19(20)22(11-13)21(24)25-12-18-16-7-3-1-5-14(16)15-6-2-4-8-17(15)18/h1-8,13,18-20,23H,9-12H2/t13-,19+,20+/m0/s1. The van der Waals surface area contributed by atoms with Gasteiger partial charge in [0.1, 0.15) is 6.61 Å². The number of piperidine rings is 1. The van der Waals surface area contributed by atoms with Crippen LogP contribution in [0.4, 0.5) is 4.79 Å². The number of ether oxygens (including phenoxy) is 1. The molecule has 2 fully saturated rings. The summed E-state index contributed by atoms with van der Waals surface area (Å²) in [5, 5.41) is 10.0. The molecule has 2 bridgehead atoms. The smallest absolute Gasteiger partial charge is 0.410 e. The number of fused-ring (bicyclic) bond motifs is 5. The van der Waals surface area contributed by atoms with E-state index in [1.165, 1.54) is 22.3 Å². The molecule has 3 atom stereocenters. The molecular weight excluding hydrogens is 314 g/mol. The maximum Gasteiger partial charge on any atom is 0.410 e. The van der Waals surface area contributed by atoms with Gasteiger partial charge in [0, 0.05) is 12.5 Å². The molecule has 0 spiro atoms. The summed E-state index contributed by atoms with van der Waals surface area (Å²) in [6, 6.07) is 16.6. The van der Waals surface area contributed by atoms with Gasteiger partial charge in [-0.15, -0.1) is 0 Å². The third-order valence-electron chi connectivity index (χ3n) is 6.02. The number of carbonyl (C=O) groups excluding carboxylic acids is 1. The van der Waals surface area contributed by atoms with Crippen LogP contribution < -0.4 is 0 Å². The highest BCUT2D eigenvalue weighted by Gasteiger charge is 2.47. The lowest BCUT2D eigenvalue weighted by atomic mass is 9.98. The van der Waals surface area contributed by atoms with E-state index in [-0.39, 0.29) is 24.2 Å². The van der Waals surface area contributed by atoms with Gasteiger partial charge in [-0.25, -0.2) is 4.79 Å². The van der Waals surface area contributed by atoms with E-state index in [4.69, 9.17) is 4.74 Å². The van der Waals surface area contributed by atoms with Gasteiger partial charge in [-0.3, -0.25) is 0 Å². The van der Waals surface area contributed by atoms with Crippen molar-refractivity contribution in [1.82, 2.24) is 4.90 Å². The van der Waals surface area contributed by atoms with Crippen LogP contribution in [0.25, 0.3) is 11.1 Å². The Morgan fingerprint density at radius 2 is 1.68 bits per heavy atom. The molecule has 2 aromatic rings. The van der Waals surface area contributed by atoms with Crippen molar-refractivity contribution in [3.63, 3.8) is 0 Å². The van der Waals surface area contributed by atoms with Gasteiger partial charge >= 0.3 is 6.09 Å². The summed E-state index contributed by atoms with van der Waals surface area (Å²) < 4.78 is 5.70. The molecule has 1 aliphatic heterocycles. The zero-order valence-corrected chi connectivity index (χ0v) is 14.0. The molecule has 2 aromatic carbocycles. The Balaban J connectivity index is 1.36. The van der Waals surface area contributed by atoms with E-state index in [2.05, 4.69) is 24.3 Å². The van der Waals surface area contributed by atoms with Crippen molar-refractivity contribution in [3.05, 3.63) is 59.7 Å². The van der Waals surface area contributed by atoms with Crippen molar-refractivity contribution in [3.8, 4) is 11.1 Å². The largest absolute Gasteiger partial charge is 0.448 e. The Morgan fingerprint density at radius 1 is 1.04 bits per heavy atom. The van der Waals surface area contributed by atoms with Crippen LogP contribution in [0.15, 0.2) is 48.5 Å². The molecule has 1 saturated carbocycles. The highest BCUT2D eigenvalue weighted by atomic mass is 16.6. The van der Waals surface area contributed by atoms with Crippen LogP contribution in [-0.4, -0.2) is 41.4 Å². The van der Waals surface area contributed by atoms with Crippen LogP contribution in [0.2, 0.25) is 0 Å². The van der Waals surface area contributed by atoms with Crippen LogP contribution in [0.3, 0.4) is 0 Å². The van der Waals surface area contributed by atoms with Crippen LogP contribution in [0.1, 0.15) is 29.9 Å². The number of likely N-dealkylation sites (tertiary alicyclic amines) is 1. The van der Waals surface area contributed by atoms with Gasteiger partial charge in [0.25, 0.3) is 0 Å². The Labute approximate surface area is 147 Å². The third kappa shape index (κ3) is 2.28. The molecule has 0 unspecified atom stereocenters. The molecule has 2 aliphatic carbocycles. The molecule has 25 heavy (non-hydrogen) atoms. The average Bonchev–Trinajstić information content (AvgIpc) is 3.30. The molecule has 1 saturated heterocycles. The predicted molar refractivity (Wildman–Crippen MR) is 94.3 cm³/mol. The zero-order valence-electron chi connectivity index (χ0n) is 14.0. The molecule has 1 amide bonds. The molecule has 5 rings (SSSR count). The second-order valence-electron chi connectivity index (χ2n) is 7.43. The fourth-order valence-corrected chi connectivity index (χ4v) is 4.88. The van der Waals surface area contributed by atoms with E-state index in [1.807, 2.05) is 24.3 Å². The van der Waals surface area contributed by atoms with Gasteiger partial charge in [0.05, 0.1) is 12.1 Å². The number of hydrogen-bond donors (Lipinski definition) is 1. The van der Waals surface area contributed by atoms with Crippen molar-refractivity contribution in [2.75, 3.05) is 13.2 Å². The number of benzene rings is 2. The third-order valence-corrected chi connectivity index (χ3v) is 6.02. The first-order chi connectivity index (χ1) is 12.2. The molecule has 128 valence electrons. The molecule has 4 nitrogen and oxygen atoms in total. The normalized spacial score (nSPS) is 26.6. The minimum absolute atomic E-state index is 0.0550. The molecule has 1 N–H and O–H groups in total. The number of nitrogens with zero attached hydrogens (tertiary/aromatic N) is 1. The molecule has 1 heterocycles. The second-order valence-corrected chi connectivity index (χ2v) is 7.43. The van der Waals surface area contributed by atoms with E-state index in [1.54, 1.807) is 4.90 Å². The summed E-state index contributed by atoms with van der Waals surface area (Å²) in [5.74, 6) is 0.515. The first kappa shape index (κ1) is 15.0. The van der Waals surface area contributed by atoms with Gasteiger partial charge in [-0.05, 0) is 41.0 Å². The summed E-state index contributed by atoms with van der Waals surface area (Å²) in [6.45, 7) is 1.06. The van der Waals surface area contributed by atoms with Crippen molar-refractivity contribution in [2.24, 2.45) is 5.92 Å². The van der Waals surface area contributed by atoms with Crippen LogP contribution in [0.5, 0.6) is 0 Å². The van der Waals surface area contributed by atoms with Gasteiger partial charge in [-0.2, -0.15) is 0 Å². The number of aliphatic hydroxyl groups is 1. The number of aliphatic hydroxyl groups excluding tert-OH is 1. The van der Waals surface area contributed by atoms with Crippen molar-refractivity contribution >= 4 is 6.09 Å². The van der Waals surface area contributed by atoms with Crippen molar-refractivity contribution < 1.29 is 14.6 Å². The fourth-order valence-electron chi connectivity index (χ4n) is 4.88. The average molecular weight is 335 g/mol. The molecule has 4 heteroatoms. The molecule has 3 aliphatic rings. The second kappa shape index (κ2) is 5.60. The molecule has 0 radical (unpaired) electrons. The minimum atomic E-state index is -0.390. The summed E-state index contributed by atoms with van der Waals surface area (Å²) >= 11 is 0. The summed E-state index contributed by atoms with van der Waals surface area (Å²) in [4.78, 5) is 14.3. The minimum Gasteiger partial charge on any atom is -0.448 e. The van der Waals surface area contributed by atoms with Gasteiger partial charge in [0.2, 0.25) is 0 Å². The Morgan fingerprint density at radius 3 is 2.28 bits per heavy atom. The highest BCUT2D eigenvalue weighted by molar-refractivity contribution is 5.79. The monoisotopic (exact) mass is 335 g/mol. The quantitative estimate of drug-likeness (QED) is 0.915. The maximum atomic E-state index is 12.6. The van der Waals surface area contributed by atoms with Crippen molar-refractivity contribution in [2.45, 2.75) is 30.9 Å². The summed E-state index contributed by atoms with van der Waals surface area (Å²) in [5.41, 5.74) is 4.91. The van der Waals surface area contributed by atoms with E-state index in [0.29, 0.717) is 12.5 Å². The number of hydrogen-bond acceptors (Lipinski definition) is 3. The highest BCUT2D eigenvalue weighted by Crippen LogP contribution is 2.45. The van der Waals surface area contributed by atoms with Crippen LogP contribution in [-0.2, 0) is 4.74 Å². The van der Waals surface area contributed by atoms with Crippen LogP contribution >= 0.6 is 0 Å². The Hall–Kier alpha value is -2.33. The van der Waals surface area contributed by atoms with E-state index < -0.39 is 0 Å². The number of amides is 1. The van der Waals surface area contributed by atoms with Crippen molar-refractivity contribution in [1.29, 1.82) is 0 Å². The van der Waals surface area contributed by atoms with Gasteiger partial charge < -0.3 is 14.7 Å². The van der Waals surface area contributed by atoms with E-state index >= 15 is 0 Å². The van der Waals surface area contributed by atoms with E-state index in [0.717, 1.165) is 19.4 Å². The van der Waals surface area contributed by atoms with Gasteiger partial charge in [0.15, 0.2) is 0 Å². The number of rotatable bonds is 2. The Bertz CT molecular complexity index is 788.